The average molecular weight is 293 g/mol. The molecule has 3 aliphatic rings. The van der Waals surface area contributed by atoms with Crippen LogP contribution in [0.15, 0.2) is 0 Å². The van der Waals surface area contributed by atoms with E-state index < -0.39 is 0 Å². The minimum absolute atomic E-state index is 0.511. The topological polar surface area (TPSA) is 15.3 Å². The lowest BCUT2D eigenvalue weighted by Crippen LogP contribution is -2.57. The fourth-order valence-electron chi connectivity index (χ4n) is 5.93. The lowest BCUT2D eigenvalue weighted by atomic mass is 9.63. The number of likely N-dealkylation sites (tertiary alicyclic amines) is 1. The first-order chi connectivity index (χ1) is 9.86. The summed E-state index contributed by atoms with van der Waals surface area (Å²) < 4.78 is 0. The molecule has 122 valence electrons. The predicted octanol–water partition coefficient (Wildman–Crippen LogP) is 4.20. The Morgan fingerprint density at radius 3 is 2.24 bits per heavy atom. The highest BCUT2D eigenvalue weighted by Gasteiger charge is 2.43. The summed E-state index contributed by atoms with van der Waals surface area (Å²) in [4.78, 5) is 2.94. The van der Waals surface area contributed by atoms with E-state index in [1.54, 1.807) is 0 Å². The summed E-state index contributed by atoms with van der Waals surface area (Å²) in [5, 5.41) is 3.80. The molecule has 0 aromatic carbocycles. The standard InChI is InChI=1S/C19H36N2/c1-18(2)12-15(13-19(3,4)14-18)21-11-6-5-9-17(21)16-8-7-10-20-16/h15-17,20H,5-14H2,1-4H3. The van der Waals surface area contributed by atoms with E-state index >= 15 is 0 Å². The van der Waals surface area contributed by atoms with Gasteiger partial charge in [0.05, 0.1) is 0 Å². The second kappa shape index (κ2) is 5.85. The zero-order valence-electron chi connectivity index (χ0n) is 14.8. The van der Waals surface area contributed by atoms with Gasteiger partial charge in [-0.3, -0.25) is 4.90 Å². The maximum atomic E-state index is 3.80. The van der Waals surface area contributed by atoms with Gasteiger partial charge in [0.15, 0.2) is 0 Å². The molecule has 2 nitrogen and oxygen atoms in total. The molecule has 2 aliphatic heterocycles. The summed E-state index contributed by atoms with van der Waals surface area (Å²) in [6.07, 6.45) is 11.3. The molecule has 0 radical (unpaired) electrons. The molecule has 3 rings (SSSR count). The van der Waals surface area contributed by atoms with E-state index in [1.165, 1.54) is 64.5 Å². The fourth-order valence-corrected chi connectivity index (χ4v) is 5.93. The Morgan fingerprint density at radius 2 is 1.62 bits per heavy atom. The molecule has 3 fully saturated rings. The highest BCUT2D eigenvalue weighted by Crippen LogP contribution is 2.48. The molecular formula is C19H36N2. The van der Waals surface area contributed by atoms with Gasteiger partial charge in [-0.2, -0.15) is 0 Å². The highest BCUT2D eigenvalue weighted by atomic mass is 15.2. The van der Waals surface area contributed by atoms with Crippen molar-refractivity contribution in [3.05, 3.63) is 0 Å². The number of rotatable bonds is 2. The SMILES string of the molecule is CC1(C)CC(N2CCCCC2C2CCCN2)CC(C)(C)C1. The largest absolute Gasteiger partial charge is 0.312 e. The van der Waals surface area contributed by atoms with E-state index in [4.69, 9.17) is 0 Å². The van der Waals surface area contributed by atoms with Crippen LogP contribution in [0.25, 0.3) is 0 Å². The zero-order chi connectivity index (χ0) is 15.1. The minimum Gasteiger partial charge on any atom is -0.312 e. The van der Waals surface area contributed by atoms with Crippen LogP contribution >= 0.6 is 0 Å². The van der Waals surface area contributed by atoms with Gasteiger partial charge in [-0.15, -0.1) is 0 Å². The quantitative estimate of drug-likeness (QED) is 0.820. The molecule has 2 saturated heterocycles. The summed E-state index contributed by atoms with van der Waals surface area (Å²) in [7, 11) is 0. The minimum atomic E-state index is 0.511. The smallest absolute Gasteiger partial charge is 0.0252 e. The van der Waals surface area contributed by atoms with Crippen molar-refractivity contribution in [2.24, 2.45) is 10.8 Å². The monoisotopic (exact) mass is 292 g/mol. The summed E-state index contributed by atoms with van der Waals surface area (Å²) in [5.41, 5.74) is 1.02. The first kappa shape index (κ1) is 15.8. The van der Waals surface area contributed by atoms with E-state index in [0.29, 0.717) is 10.8 Å². The van der Waals surface area contributed by atoms with Crippen LogP contribution < -0.4 is 5.32 Å². The Balaban J connectivity index is 1.75. The average Bonchev–Trinajstić information content (AvgIpc) is 2.88. The van der Waals surface area contributed by atoms with Crippen LogP contribution in [-0.4, -0.2) is 36.1 Å². The van der Waals surface area contributed by atoms with Gasteiger partial charge in [0.2, 0.25) is 0 Å². The van der Waals surface area contributed by atoms with E-state index in [1.807, 2.05) is 0 Å². The Kier molecular flexibility index (Phi) is 4.40. The molecule has 1 saturated carbocycles. The number of hydrogen-bond donors (Lipinski definition) is 1. The Bertz CT molecular complexity index is 339. The van der Waals surface area contributed by atoms with Crippen molar-refractivity contribution in [2.75, 3.05) is 13.1 Å². The van der Waals surface area contributed by atoms with Crippen molar-refractivity contribution in [3.8, 4) is 0 Å². The molecule has 2 atom stereocenters. The van der Waals surface area contributed by atoms with Crippen molar-refractivity contribution in [1.29, 1.82) is 0 Å². The van der Waals surface area contributed by atoms with Gasteiger partial charge in [0.25, 0.3) is 0 Å². The lowest BCUT2D eigenvalue weighted by Gasteiger charge is -2.52. The first-order valence-corrected chi connectivity index (χ1v) is 9.36. The van der Waals surface area contributed by atoms with Gasteiger partial charge in [0.1, 0.15) is 0 Å². The third-order valence-electron chi connectivity index (χ3n) is 6.16. The third-order valence-corrected chi connectivity index (χ3v) is 6.16. The molecule has 0 amide bonds. The normalized spacial score (nSPS) is 37.7. The number of nitrogens with one attached hydrogen (secondary N) is 1. The van der Waals surface area contributed by atoms with Gasteiger partial charge in [-0.05, 0) is 68.9 Å². The maximum absolute atomic E-state index is 3.80. The van der Waals surface area contributed by atoms with Crippen molar-refractivity contribution in [2.45, 2.75) is 97.2 Å². The highest BCUT2D eigenvalue weighted by molar-refractivity contribution is 4.99. The second-order valence-electron chi connectivity index (χ2n) is 9.57. The van der Waals surface area contributed by atoms with E-state index in [2.05, 4.69) is 37.9 Å². The molecule has 0 aromatic rings. The molecule has 0 bridgehead atoms. The van der Waals surface area contributed by atoms with Crippen LogP contribution in [0.4, 0.5) is 0 Å². The molecule has 1 N–H and O–H groups in total. The van der Waals surface area contributed by atoms with Gasteiger partial charge in [0, 0.05) is 18.1 Å². The summed E-state index contributed by atoms with van der Waals surface area (Å²) in [6.45, 7) is 12.6. The predicted molar refractivity (Wildman–Crippen MR) is 90.6 cm³/mol. The molecule has 0 spiro atoms. The van der Waals surface area contributed by atoms with Gasteiger partial charge >= 0.3 is 0 Å². The molecule has 0 aromatic heterocycles. The van der Waals surface area contributed by atoms with Crippen LogP contribution in [-0.2, 0) is 0 Å². The first-order valence-electron chi connectivity index (χ1n) is 9.36. The van der Waals surface area contributed by atoms with E-state index in [0.717, 1.165) is 18.1 Å². The third kappa shape index (κ3) is 3.64. The van der Waals surface area contributed by atoms with Crippen molar-refractivity contribution in [3.63, 3.8) is 0 Å². The second-order valence-corrected chi connectivity index (χ2v) is 9.57. The van der Waals surface area contributed by atoms with Crippen LogP contribution in [0.1, 0.15) is 79.1 Å². The lowest BCUT2D eigenvalue weighted by molar-refractivity contribution is -0.0159. The summed E-state index contributed by atoms with van der Waals surface area (Å²) >= 11 is 0. The van der Waals surface area contributed by atoms with Crippen molar-refractivity contribution >= 4 is 0 Å². The number of hydrogen-bond acceptors (Lipinski definition) is 2. The fraction of sp³-hybridized carbons (Fsp3) is 1.00. The van der Waals surface area contributed by atoms with Crippen LogP contribution in [0, 0.1) is 10.8 Å². The number of nitrogens with zero attached hydrogens (tertiary/aromatic N) is 1. The maximum Gasteiger partial charge on any atom is 0.0252 e. The van der Waals surface area contributed by atoms with Crippen LogP contribution in [0.5, 0.6) is 0 Å². The molecule has 21 heavy (non-hydrogen) atoms. The number of piperidine rings is 1. The molecule has 2 heterocycles. The Labute approximate surface area is 132 Å². The van der Waals surface area contributed by atoms with Crippen molar-refractivity contribution < 1.29 is 0 Å². The Hall–Kier alpha value is -0.0800. The summed E-state index contributed by atoms with van der Waals surface area (Å²) in [5.74, 6) is 0. The summed E-state index contributed by atoms with van der Waals surface area (Å²) in [6, 6.07) is 2.41. The van der Waals surface area contributed by atoms with Gasteiger partial charge in [-0.25, -0.2) is 0 Å². The molecule has 1 aliphatic carbocycles. The van der Waals surface area contributed by atoms with Crippen LogP contribution in [0.3, 0.4) is 0 Å². The molecule has 2 heteroatoms. The van der Waals surface area contributed by atoms with Gasteiger partial charge < -0.3 is 5.32 Å². The van der Waals surface area contributed by atoms with E-state index in [9.17, 15) is 0 Å². The molecule has 2 unspecified atom stereocenters. The molecular weight excluding hydrogens is 256 g/mol. The Morgan fingerprint density at radius 1 is 0.905 bits per heavy atom. The zero-order valence-corrected chi connectivity index (χ0v) is 14.8. The van der Waals surface area contributed by atoms with E-state index in [-0.39, 0.29) is 0 Å². The van der Waals surface area contributed by atoms with Crippen LogP contribution in [0.2, 0.25) is 0 Å². The van der Waals surface area contributed by atoms with Crippen molar-refractivity contribution in [1.82, 2.24) is 10.2 Å². The van der Waals surface area contributed by atoms with Gasteiger partial charge in [-0.1, -0.05) is 34.1 Å².